The van der Waals surface area contributed by atoms with Gasteiger partial charge in [-0.1, -0.05) is 27.7 Å². The third-order valence-electron chi connectivity index (χ3n) is 6.71. The normalized spacial score (nSPS) is 53.8. The van der Waals surface area contributed by atoms with Gasteiger partial charge in [-0.05, 0) is 71.9 Å². The van der Waals surface area contributed by atoms with E-state index in [0.29, 0.717) is 16.1 Å². The van der Waals surface area contributed by atoms with Gasteiger partial charge in [-0.25, -0.2) is 0 Å². The van der Waals surface area contributed by atoms with Crippen molar-refractivity contribution in [1.29, 1.82) is 5.26 Å². The maximum absolute atomic E-state index is 9.19. The van der Waals surface area contributed by atoms with Crippen molar-refractivity contribution in [3.8, 4) is 5.40 Å². The van der Waals surface area contributed by atoms with Crippen molar-refractivity contribution in [3.05, 3.63) is 0 Å². The van der Waals surface area contributed by atoms with Crippen LogP contribution in [0.2, 0.25) is 0 Å². The monoisotopic (exact) mass is 263 g/mol. The van der Waals surface area contributed by atoms with Crippen molar-refractivity contribution in [3.63, 3.8) is 0 Å². The van der Waals surface area contributed by atoms with Gasteiger partial charge in [0.2, 0.25) is 0 Å². The Kier molecular flexibility index (Phi) is 2.80. The number of hydrogen-bond acceptors (Lipinski definition) is 2. The molecule has 2 heteroatoms. The summed E-state index contributed by atoms with van der Waals surface area (Å²) in [5, 5.41) is 12.2. The Balaban J connectivity index is 2.00. The van der Waals surface area contributed by atoms with Crippen LogP contribution < -0.4 is 0 Å². The Morgan fingerprint density at radius 1 is 1.28 bits per heavy atom. The molecule has 4 aliphatic carbocycles. The molecule has 0 aromatic heterocycles. The highest BCUT2D eigenvalue weighted by atomic mass is 32.2. The summed E-state index contributed by atoms with van der Waals surface area (Å²) < 4.78 is 0. The third kappa shape index (κ3) is 1.46. The van der Waals surface area contributed by atoms with Gasteiger partial charge in [-0.3, -0.25) is 0 Å². The Morgan fingerprint density at radius 3 is 2.61 bits per heavy atom. The summed E-state index contributed by atoms with van der Waals surface area (Å²) in [7, 11) is 0. The fourth-order valence-corrected chi connectivity index (χ4v) is 6.98. The quantitative estimate of drug-likeness (QED) is 0.675. The molecule has 6 atom stereocenters. The molecular formula is C16H25NS. The van der Waals surface area contributed by atoms with Crippen LogP contribution in [0.5, 0.6) is 0 Å². The predicted molar refractivity (Wildman–Crippen MR) is 77.0 cm³/mol. The number of thioether (sulfide) groups is 1. The van der Waals surface area contributed by atoms with Gasteiger partial charge in [0.15, 0.2) is 0 Å². The highest BCUT2D eigenvalue weighted by Gasteiger charge is 2.66. The fourth-order valence-electron chi connectivity index (χ4n) is 5.84. The molecule has 4 fully saturated rings. The standard InChI is InChI=1S/C16H25NS/c1-10(2)11-7-13-15(3)5-6-16(13,4)14(18-9-17)12(11)8-15/h10-14H,5-8H2,1-4H3/t11-,12+,13+,14-,15-,16-/m1/s1. The summed E-state index contributed by atoms with van der Waals surface area (Å²) >= 11 is 1.60. The Bertz CT molecular complexity index is 398. The van der Waals surface area contributed by atoms with Gasteiger partial charge in [0.05, 0.1) is 0 Å². The number of nitrogens with zero attached hydrogens (tertiary/aromatic N) is 1. The molecule has 100 valence electrons. The van der Waals surface area contributed by atoms with E-state index in [1.54, 1.807) is 11.8 Å². The van der Waals surface area contributed by atoms with Crippen LogP contribution >= 0.6 is 11.8 Å². The van der Waals surface area contributed by atoms with E-state index in [-0.39, 0.29) is 0 Å². The highest BCUT2D eigenvalue weighted by Crippen LogP contribution is 2.72. The maximum atomic E-state index is 9.19. The number of rotatable bonds is 2. The Hall–Kier alpha value is -0.160. The van der Waals surface area contributed by atoms with Crippen LogP contribution in [0.3, 0.4) is 0 Å². The molecule has 4 aliphatic rings. The lowest BCUT2D eigenvalue weighted by Gasteiger charge is -2.61. The molecule has 4 bridgehead atoms. The topological polar surface area (TPSA) is 23.8 Å². The molecule has 18 heavy (non-hydrogen) atoms. The molecule has 0 saturated heterocycles. The third-order valence-corrected chi connectivity index (χ3v) is 7.95. The highest BCUT2D eigenvalue weighted by molar-refractivity contribution is 8.04. The average Bonchev–Trinajstić information content (AvgIpc) is 2.52. The Labute approximate surface area is 116 Å². The molecule has 0 spiro atoms. The van der Waals surface area contributed by atoms with Crippen LogP contribution in [0, 0.1) is 45.2 Å². The van der Waals surface area contributed by atoms with Crippen LogP contribution in [0.25, 0.3) is 0 Å². The van der Waals surface area contributed by atoms with Crippen molar-refractivity contribution in [2.75, 3.05) is 0 Å². The van der Waals surface area contributed by atoms with E-state index in [2.05, 4.69) is 33.1 Å². The first kappa shape index (κ1) is 12.9. The van der Waals surface area contributed by atoms with E-state index in [1.165, 1.54) is 25.7 Å². The minimum absolute atomic E-state index is 0.448. The average molecular weight is 263 g/mol. The van der Waals surface area contributed by atoms with E-state index in [9.17, 15) is 5.26 Å². The summed E-state index contributed by atoms with van der Waals surface area (Å²) in [6.07, 6.45) is 5.57. The number of nitriles is 1. The summed E-state index contributed by atoms with van der Waals surface area (Å²) in [6.45, 7) is 9.78. The largest absolute Gasteiger partial charge is 0.185 e. The van der Waals surface area contributed by atoms with Crippen molar-refractivity contribution in [2.45, 2.75) is 58.6 Å². The van der Waals surface area contributed by atoms with Gasteiger partial charge in [-0.2, -0.15) is 5.26 Å². The zero-order valence-corrected chi connectivity index (χ0v) is 12.9. The van der Waals surface area contributed by atoms with Crippen molar-refractivity contribution >= 4 is 11.8 Å². The number of fused-ring (bicyclic) bond motifs is 1. The molecule has 4 rings (SSSR count). The van der Waals surface area contributed by atoms with Gasteiger partial charge >= 0.3 is 0 Å². The molecule has 0 aliphatic heterocycles. The van der Waals surface area contributed by atoms with E-state index >= 15 is 0 Å². The molecule has 0 aromatic rings. The Morgan fingerprint density at radius 2 is 2.00 bits per heavy atom. The molecule has 0 aromatic carbocycles. The fraction of sp³-hybridized carbons (Fsp3) is 0.938. The first-order valence-corrected chi connectivity index (χ1v) is 8.35. The lowest BCUT2D eigenvalue weighted by Crippen LogP contribution is -2.57. The van der Waals surface area contributed by atoms with E-state index in [1.807, 2.05) is 0 Å². The van der Waals surface area contributed by atoms with Crippen LogP contribution in [0.15, 0.2) is 0 Å². The molecular weight excluding hydrogens is 238 g/mol. The molecule has 0 radical (unpaired) electrons. The van der Waals surface area contributed by atoms with Crippen LogP contribution in [-0.4, -0.2) is 5.25 Å². The number of hydrogen-bond donors (Lipinski definition) is 0. The molecule has 0 heterocycles. The van der Waals surface area contributed by atoms with Crippen molar-refractivity contribution < 1.29 is 0 Å². The molecule has 0 amide bonds. The zero-order valence-electron chi connectivity index (χ0n) is 12.1. The summed E-state index contributed by atoms with van der Waals surface area (Å²) in [6, 6.07) is 0. The second-order valence-corrected chi connectivity index (χ2v) is 8.78. The minimum Gasteiger partial charge on any atom is -0.185 e. The maximum Gasteiger partial charge on any atom is 0.133 e. The molecule has 0 N–H and O–H groups in total. The van der Waals surface area contributed by atoms with Gasteiger partial charge in [0.1, 0.15) is 5.40 Å². The van der Waals surface area contributed by atoms with Gasteiger partial charge in [0.25, 0.3) is 0 Å². The SMILES string of the molecule is CC(C)[C@H]1C[C@H]2[C@]3(C)CC[C@@]2(C)[C@H](SC#N)[C@H]1C3. The molecule has 0 unspecified atom stereocenters. The summed E-state index contributed by atoms with van der Waals surface area (Å²) in [5.41, 5.74) is 1.04. The van der Waals surface area contributed by atoms with E-state index in [0.717, 1.165) is 23.7 Å². The zero-order chi connectivity index (χ0) is 13.1. The van der Waals surface area contributed by atoms with Crippen LogP contribution in [0.1, 0.15) is 53.4 Å². The van der Waals surface area contributed by atoms with Crippen LogP contribution in [0.4, 0.5) is 0 Å². The molecule has 4 saturated carbocycles. The number of thiocyanates is 1. The van der Waals surface area contributed by atoms with Gasteiger partial charge in [-0.15, -0.1) is 0 Å². The minimum atomic E-state index is 0.448. The van der Waals surface area contributed by atoms with Gasteiger partial charge < -0.3 is 0 Å². The van der Waals surface area contributed by atoms with Gasteiger partial charge in [0, 0.05) is 5.25 Å². The van der Waals surface area contributed by atoms with Crippen LogP contribution in [-0.2, 0) is 0 Å². The first-order valence-electron chi connectivity index (χ1n) is 7.47. The second kappa shape index (κ2) is 3.92. The van der Waals surface area contributed by atoms with E-state index in [4.69, 9.17) is 0 Å². The van der Waals surface area contributed by atoms with E-state index < -0.39 is 0 Å². The lowest BCUT2D eigenvalue weighted by atomic mass is 9.47. The molecule has 1 nitrogen and oxygen atoms in total. The smallest absolute Gasteiger partial charge is 0.133 e. The van der Waals surface area contributed by atoms with Crippen molar-refractivity contribution in [1.82, 2.24) is 0 Å². The lowest BCUT2D eigenvalue weighted by molar-refractivity contribution is -0.0757. The second-order valence-electron chi connectivity index (χ2n) is 7.85. The summed E-state index contributed by atoms with van der Waals surface area (Å²) in [4.78, 5) is 0. The first-order chi connectivity index (χ1) is 8.42. The predicted octanol–water partition coefficient (Wildman–Crippen LogP) is 4.69. The summed E-state index contributed by atoms with van der Waals surface area (Å²) in [5.74, 6) is 3.30. The van der Waals surface area contributed by atoms with Crippen molar-refractivity contribution in [2.24, 2.45) is 34.5 Å².